The Morgan fingerprint density at radius 1 is 1.05 bits per heavy atom. The standard InChI is InChI=1S/C23H24FN7O5S/c1-13-8-15(10-25-9-13)22-28-29-23(31(22)19-17(35-3)6-5-7-18(19)36-4)30-37(33,34)14(2)20(32)21-26-11-16(24)12-27-21/h5-12,14,20,32H,1-4H3,(H,29,30)/t14-,20+/m0/s1. The number of ether oxygens (including phenoxy) is 2. The van der Waals surface area contributed by atoms with Gasteiger partial charge >= 0.3 is 0 Å². The highest BCUT2D eigenvalue weighted by Gasteiger charge is 2.33. The number of hydrogen-bond donors (Lipinski definition) is 2. The fourth-order valence-corrected chi connectivity index (χ4v) is 4.59. The van der Waals surface area contributed by atoms with Gasteiger partial charge < -0.3 is 14.6 Å². The number of nitrogens with one attached hydrogen (secondary N) is 1. The average molecular weight is 530 g/mol. The molecule has 12 nitrogen and oxygen atoms in total. The first-order chi connectivity index (χ1) is 17.7. The summed E-state index contributed by atoms with van der Waals surface area (Å²) in [7, 11) is -1.39. The first kappa shape index (κ1) is 25.9. The van der Waals surface area contributed by atoms with Gasteiger partial charge in [0.2, 0.25) is 16.0 Å². The predicted octanol–water partition coefficient (Wildman–Crippen LogP) is 2.45. The number of aliphatic hydroxyl groups excluding tert-OH is 1. The van der Waals surface area contributed by atoms with Crippen molar-refractivity contribution in [1.29, 1.82) is 0 Å². The molecule has 0 amide bonds. The van der Waals surface area contributed by atoms with Crippen molar-refractivity contribution < 1.29 is 27.4 Å². The second-order valence-electron chi connectivity index (χ2n) is 8.00. The molecule has 3 aromatic heterocycles. The van der Waals surface area contributed by atoms with Crippen molar-refractivity contribution in [3.05, 3.63) is 66.3 Å². The van der Waals surface area contributed by atoms with Gasteiger partial charge in [0.25, 0.3) is 0 Å². The van der Waals surface area contributed by atoms with Crippen molar-refractivity contribution in [3.8, 4) is 28.6 Å². The topological polar surface area (TPSA) is 154 Å². The maximum absolute atomic E-state index is 13.3. The summed E-state index contributed by atoms with van der Waals surface area (Å²) in [5.74, 6) is -0.200. The van der Waals surface area contributed by atoms with Crippen LogP contribution in [-0.2, 0) is 10.0 Å². The molecule has 14 heteroatoms. The molecule has 3 heterocycles. The third-order valence-electron chi connectivity index (χ3n) is 5.49. The number of aliphatic hydroxyl groups is 1. The highest BCUT2D eigenvalue weighted by Crippen LogP contribution is 2.38. The Hall–Kier alpha value is -4.17. The van der Waals surface area contributed by atoms with Gasteiger partial charge in [0, 0.05) is 18.0 Å². The van der Waals surface area contributed by atoms with E-state index in [9.17, 15) is 17.9 Å². The van der Waals surface area contributed by atoms with Gasteiger partial charge in [0.1, 0.15) is 28.5 Å². The quantitative estimate of drug-likeness (QED) is 0.330. The molecule has 2 N–H and O–H groups in total. The highest BCUT2D eigenvalue weighted by atomic mass is 32.2. The van der Waals surface area contributed by atoms with Crippen molar-refractivity contribution in [2.24, 2.45) is 0 Å². The Labute approximate surface area is 212 Å². The number of aromatic nitrogens is 6. The number of hydrogen-bond acceptors (Lipinski definition) is 10. The second-order valence-corrected chi connectivity index (χ2v) is 10.0. The zero-order valence-electron chi connectivity index (χ0n) is 20.3. The van der Waals surface area contributed by atoms with E-state index in [0.29, 0.717) is 22.7 Å². The normalized spacial score (nSPS) is 13.1. The third kappa shape index (κ3) is 5.20. The van der Waals surface area contributed by atoms with Gasteiger partial charge in [0.05, 0.1) is 26.6 Å². The lowest BCUT2D eigenvalue weighted by atomic mass is 10.2. The lowest BCUT2D eigenvalue weighted by Crippen LogP contribution is -2.32. The van der Waals surface area contributed by atoms with Gasteiger partial charge in [-0.15, -0.1) is 10.2 Å². The van der Waals surface area contributed by atoms with Crippen molar-refractivity contribution in [2.45, 2.75) is 25.2 Å². The van der Waals surface area contributed by atoms with Crippen LogP contribution >= 0.6 is 0 Å². The molecule has 0 spiro atoms. The number of para-hydroxylation sites is 1. The molecule has 0 aliphatic carbocycles. The third-order valence-corrected chi connectivity index (χ3v) is 7.20. The smallest absolute Gasteiger partial charge is 0.243 e. The fraction of sp³-hybridized carbons (Fsp3) is 0.261. The summed E-state index contributed by atoms with van der Waals surface area (Å²) < 4.78 is 54.7. The Morgan fingerprint density at radius 3 is 2.30 bits per heavy atom. The van der Waals surface area contributed by atoms with Crippen LogP contribution in [0.15, 0.2) is 49.1 Å². The molecule has 0 radical (unpaired) electrons. The Morgan fingerprint density at radius 2 is 1.70 bits per heavy atom. The van der Waals surface area contributed by atoms with Gasteiger partial charge in [-0.25, -0.2) is 22.8 Å². The molecule has 4 aromatic rings. The first-order valence-corrected chi connectivity index (χ1v) is 12.5. The van der Waals surface area contributed by atoms with Gasteiger partial charge in [-0.2, -0.15) is 0 Å². The molecule has 1 aromatic carbocycles. The molecule has 2 atom stereocenters. The zero-order chi connectivity index (χ0) is 26.7. The number of rotatable bonds is 9. The maximum Gasteiger partial charge on any atom is 0.243 e. The highest BCUT2D eigenvalue weighted by molar-refractivity contribution is 7.93. The second kappa shape index (κ2) is 10.4. The Bertz CT molecular complexity index is 1490. The van der Waals surface area contributed by atoms with Crippen LogP contribution in [0.1, 0.15) is 24.4 Å². The minimum Gasteiger partial charge on any atom is -0.494 e. The van der Waals surface area contributed by atoms with E-state index in [2.05, 4.69) is 29.9 Å². The summed E-state index contributed by atoms with van der Waals surface area (Å²) >= 11 is 0. The Kier molecular flexibility index (Phi) is 7.31. The van der Waals surface area contributed by atoms with Crippen LogP contribution in [0, 0.1) is 12.7 Å². The van der Waals surface area contributed by atoms with Crippen LogP contribution in [0.2, 0.25) is 0 Å². The van der Waals surface area contributed by atoms with Gasteiger partial charge in [-0.3, -0.25) is 14.3 Å². The Balaban J connectivity index is 1.83. The molecular formula is C23H24FN7O5S. The number of nitrogens with zero attached hydrogens (tertiary/aromatic N) is 6. The molecule has 0 aliphatic rings. The van der Waals surface area contributed by atoms with Crippen LogP contribution in [-0.4, -0.2) is 62.7 Å². The summed E-state index contributed by atoms with van der Waals surface area (Å²) in [5, 5.41) is 17.4. The van der Waals surface area contributed by atoms with Crippen molar-refractivity contribution in [2.75, 3.05) is 18.9 Å². The minimum absolute atomic E-state index is 0.196. The van der Waals surface area contributed by atoms with Crippen LogP contribution in [0.3, 0.4) is 0 Å². The van der Waals surface area contributed by atoms with E-state index >= 15 is 0 Å². The SMILES string of the molecule is COc1cccc(OC)c1-n1c(NS(=O)(=O)[C@@H](C)[C@@H](O)c2ncc(F)cn2)nnc1-c1cncc(C)c1. The molecular weight excluding hydrogens is 505 g/mol. The fourth-order valence-electron chi connectivity index (χ4n) is 3.55. The van der Waals surface area contributed by atoms with Crippen LogP contribution in [0.25, 0.3) is 17.1 Å². The average Bonchev–Trinajstić information content (AvgIpc) is 3.29. The molecule has 194 valence electrons. The summed E-state index contributed by atoms with van der Waals surface area (Å²) in [6.07, 6.45) is 3.25. The summed E-state index contributed by atoms with van der Waals surface area (Å²) in [5.41, 5.74) is 1.73. The van der Waals surface area contributed by atoms with E-state index in [1.807, 2.05) is 13.0 Å². The van der Waals surface area contributed by atoms with E-state index in [1.54, 1.807) is 30.6 Å². The molecule has 0 unspecified atom stereocenters. The molecule has 0 fully saturated rings. The van der Waals surface area contributed by atoms with E-state index in [0.717, 1.165) is 18.0 Å². The zero-order valence-corrected chi connectivity index (χ0v) is 21.1. The van der Waals surface area contributed by atoms with Crippen molar-refractivity contribution in [3.63, 3.8) is 0 Å². The number of sulfonamides is 1. The van der Waals surface area contributed by atoms with E-state index in [4.69, 9.17) is 9.47 Å². The summed E-state index contributed by atoms with van der Waals surface area (Å²) in [6, 6.07) is 6.87. The predicted molar refractivity (Wildman–Crippen MR) is 131 cm³/mol. The molecule has 0 saturated carbocycles. The van der Waals surface area contributed by atoms with Gasteiger partial charge in [-0.1, -0.05) is 6.07 Å². The van der Waals surface area contributed by atoms with Crippen LogP contribution < -0.4 is 14.2 Å². The van der Waals surface area contributed by atoms with E-state index < -0.39 is 27.2 Å². The molecule has 37 heavy (non-hydrogen) atoms. The van der Waals surface area contributed by atoms with Crippen LogP contribution in [0.4, 0.5) is 10.3 Å². The lowest BCUT2D eigenvalue weighted by molar-refractivity contribution is 0.166. The molecule has 4 rings (SSSR count). The van der Waals surface area contributed by atoms with Gasteiger partial charge in [-0.05, 0) is 37.6 Å². The minimum atomic E-state index is -4.31. The number of anilines is 1. The monoisotopic (exact) mass is 529 g/mol. The number of aryl methyl sites for hydroxylation is 1. The molecule has 0 bridgehead atoms. The van der Waals surface area contributed by atoms with Crippen molar-refractivity contribution in [1.82, 2.24) is 29.7 Å². The van der Waals surface area contributed by atoms with Gasteiger partial charge in [0.15, 0.2) is 17.5 Å². The number of benzene rings is 1. The number of pyridine rings is 1. The number of halogens is 1. The first-order valence-electron chi connectivity index (χ1n) is 10.9. The molecule has 0 saturated heterocycles. The van der Waals surface area contributed by atoms with Crippen molar-refractivity contribution >= 4 is 16.0 Å². The largest absolute Gasteiger partial charge is 0.494 e. The van der Waals surface area contributed by atoms with E-state index in [-0.39, 0.29) is 17.6 Å². The summed E-state index contributed by atoms with van der Waals surface area (Å²) in [6.45, 7) is 3.11. The summed E-state index contributed by atoms with van der Waals surface area (Å²) in [4.78, 5) is 11.6. The molecule has 0 aliphatic heterocycles. The maximum atomic E-state index is 13.3. The lowest BCUT2D eigenvalue weighted by Gasteiger charge is -2.20. The van der Waals surface area contributed by atoms with Crippen LogP contribution in [0.5, 0.6) is 11.5 Å². The number of methoxy groups -OCH3 is 2. The van der Waals surface area contributed by atoms with E-state index in [1.165, 1.54) is 25.7 Å².